The predicted molar refractivity (Wildman–Crippen MR) is 143 cm³/mol. The van der Waals surface area contributed by atoms with E-state index in [1.807, 2.05) is 54.6 Å². The zero-order valence-electron chi connectivity index (χ0n) is 21.0. The topological polar surface area (TPSA) is 46.9 Å². The first-order chi connectivity index (χ1) is 18.4. The molecule has 1 fully saturated rings. The Morgan fingerprint density at radius 1 is 0.921 bits per heavy atom. The summed E-state index contributed by atoms with van der Waals surface area (Å²) in [6, 6.07) is 19.2. The molecule has 38 heavy (non-hydrogen) atoms. The fourth-order valence-corrected chi connectivity index (χ4v) is 6.03. The van der Waals surface area contributed by atoms with Gasteiger partial charge in [-0.25, -0.2) is 4.68 Å². The molecule has 0 amide bonds. The lowest BCUT2D eigenvalue weighted by Gasteiger charge is -2.34. The van der Waals surface area contributed by atoms with Crippen molar-refractivity contribution in [2.75, 3.05) is 5.32 Å². The molecule has 2 atom stereocenters. The SMILES string of the molecule is O=C(Cc1ccc(C2CCCCC2)cc1)c1cnn2c1NC(c1ccc3ccccc3c1)CC2C(F)(F)F. The van der Waals surface area contributed by atoms with Crippen LogP contribution in [0.15, 0.2) is 72.9 Å². The van der Waals surface area contributed by atoms with Gasteiger partial charge in [0.1, 0.15) is 5.82 Å². The van der Waals surface area contributed by atoms with Crippen LogP contribution in [-0.4, -0.2) is 21.7 Å². The summed E-state index contributed by atoms with van der Waals surface area (Å²) in [7, 11) is 0. The van der Waals surface area contributed by atoms with Gasteiger partial charge < -0.3 is 5.32 Å². The molecular formula is C31H30F3N3O. The van der Waals surface area contributed by atoms with Gasteiger partial charge >= 0.3 is 6.18 Å². The Labute approximate surface area is 219 Å². The lowest BCUT2D eigenvalue weighted by molar-refractivity contribution is -0.173. The van der Waals surface area contributed by atoms with E-state index in [2.05, 4.69) is 22.5 Å². The highest BCUT2D eigenvalue weighted by atomic mass is 19.4. The molecule has 1 aliphatic heterocycles. The van der Waals surface area contributed by atoms with Gasteiger partial charge in [0.2, 0.25) is 0 Å². The quantitative estimate of drug-likeness (QED) is 0.272. The highest BCUT2D eigenvalue weighted by Gasteiger charge is 2.47. The number of Topliss-reactive ketones (excluding diaryl/α,β-unsaturated/α-hetero) is 1. The van der Waals surface area contributed by atoms with Gasteiger partial charge in [-0.3, -0.25) is 4.79 Å². The third kappa shape index (κ3) is 4.82. The number of benzene rings is 3. The maximum Gasteiger partial charge on any atom is 0.410 e. The number of hydrogen-bond donors (Lipinski definition) is 1. The van der Waals surface area contributed by atoms with Crippen molar-refractivity contribution in [3.05, 3.63) is 95.2 Å². The maximum atomic E-state index is 14.1. The predicted octanol–water partition coefficient (Wildman–Crippen LogP) is 8.17. The number of rotatable bonds is 5. The Kier molecular flexibility index (Phi) is 6.46. The van der Waals surface area contributed by atoms with E-state index in [0.29, 0.717) is 5.92 Å². The number of fused-ring (bicyclic) bond motifs is 2. The van der Waals surface area contributed by atoms with Crippen molar-refractivity contribution >= 4 is 22.4 Å². The number of anilines is 1. The average molecular weight is 518 g/mol. The molecule has 3 aromatic carbocycles. The van der Waals surface area contributed by atoms with E-state index in [-0.39, 0.29) is 30.0 Å². The van der Waals surface area contributed by atoms with Gasteiger partial charge in [0.15, 0.2) is 11.8 Å². The summed E-state index contributed by atoms with van der Waals surface area (Å²) < 4.78 is 43.4. The second-order valence-corrected chi connectivity index (χ2v) is 10.6. The Balaban J connectivity index is 1.26. The van der Waals surface area contributed by atoms with E-state index in [4.69, 9.17) is 0 Å². The molecular weight excluding hydrogens is 487 g/mol. The second kappa shape index (κ2) is 9.93. The second-order valence-electron chi connectivity index (χ2n) is 10.6. The number of ketones is 1. The average Bonchev–Trinajstić information content (AvgIpc) is 3.37. The van der Waals surface area contributed by atoms with Gasteiger partial charge in [-0.05, 0) is 52.3 Å². The zero-order chi connectivity index (χ0) is 26.3. The third-order valence-electron chi connectivity index (χ3n) is 8.14. The van der Waals surface area contributed by atoms with Crippen molar-refractivity contribution in [2.24, 2.45) is 0 Å². The van der Waals surface area contributed by atoms with Crippen LogP contribution in [0.5, 0.6) is 0 Å². The highest BCUT2D eigenvalue weighted by Crippen LogP contribution is 2.45. The summed E-state index contributed by atoms with van der Waals surface area (Å²) in [6.07, 6.45) is 2.90. The van der Waals surface area contributed by atoms with Gasteiger partial charge in [0.25, 0.3) is 0 Å². The summed E-state index contributed by atoms with van der Waals surface area (Å²) in [4.78, 5) is 13.3. The summed E-state index contributed by atoms with van der Waals surface area (Å²) in [5, 5.41) is 9.24. The molecule has 7 heteroatoms. The van der Waals surface area contributed by atoms with E-state index < -0.39 is 18.3 Å². The van der Waals surface area contributed by atoms with Gasteiger partial charge in [-0.15, -0.1) is 0 Å². The standard InChI is InChI=1S/C31H30F3N3O/c32-31(33,34)29-18-27(25-15-14-22-8-4-5-9-24(22)17-25)36-30-26(19-35-37(29)30)28(38)16-20-10-12-23(13-11-20)21-6-2-1-3-7-21/h4-5,8-15,17,19,21,27,29,36H,1-3,6-7,16,18H2. The number of hydrogen-bond acceptors (Lipinski definition) is 3. The fourth-order valence-electron chi connectivity index (χ4n) is 6.03. The summed E-state index contributed by atoms with van der Waals surface area (Å²) in [6.45, 7) is 0. The molecule has 4 aromatic rings. The van der Waals surface area contributed by atoms with Crippen molar-refractivity contribution in [1.29, 1.82) is 0 Å². The van der Waals surface area contributed by atoms with Crippen LogP contribution in [0.4, 0.5) is 19.0 Å². The fraction of sp³-hybridized carbons (Fsp3) is 0.355. The van der Waals surface area contributed by atoms with Crippen molar-refractivity contribution in [3.63, 3.8) is 0 Å². The number of carbonyl (C=O) groups excluding carboxylic acids is 1. The molecule has 1 saturated carbocycles. The molecule has 2 heterocycles. The Morgan fingerprint density at radius 3 is 2.37 bits per heavy atom. The molecule has 0 radical (unpaired) electrons. The first kappa shape index (κ1) is 24.7. The lowest BCUT2D eigenvalue weighted by atomic mass is 9.84. The normalized spacial score (nSPS) is 20.2. The van der Waals surface area contributed by atoms with Crippen molar-refractivity contribution in [1.82, 2.24) is 9.78 Å². The lowest BCUT2D eigenvalue weighted by Crippen LogP contribution is -2.36. The molecule has 1 aromatic heterocycles. The number of nitrogens with zero attached hydrogens (tertiary/aromatic N) is 2. The molecule has 4 nitrogen and oxygen atoms in total. The van der Waals surface area contributed by atoms with Crippen LogP contribution in [0.1, 0.15) is 83.6 Å². The highest BCUT2D eigenvalue weighted by molar-refractivity contribution is 6.01. The molecule has 196 valence electrons. The summed E-state index contributed by atoms with van der Waals surface area (Å²) >= 11 is 0. The molecule has 0 bridgehead atoms. The minimum Gasteiger partial charge on any atom is -0.363 e. The van der Waals surface area contributed by atoms with E-state index in [9.17, 15) is 18.0 Å². The molecule has 1 N–H and O–H groups in total. The van der Waals surface area contributed by atoms with Crippen LogP contribution in [0.2, 0.25) is 0 Å². The van der Waals surface area contributed by atoms with Gasteiger partial charge in [-0.2, -0.15) is 18.3 Å². The number of nitrogens with one attached hydrogen (secondary N) is 1. The maximum absolute atomic E-state index is 14.1. The van der Waals surface area contributed by atoms with Crippen LogP contribution < -0.4 is 5.32 Å². The van der Waals surface area contributed by atoms with Crippen LogP contribution in [-0.2, 0) is 6.42 Å². The van der Waals surface area contributed by atoms with Gasteiger partial charge in [0.05, 0.1) is 17.8 Å². The molecule has 2 unspecified atom stereocenters. The summed E-state index contributed by atoms with van der Waals surface area (Å²) in [5.41, 5.74) is 3.10. The Bertz CT molecular complexity index is 1450. The van der Waals surface area contributed by atoms with Crippen LogP contribution in [0.25, 0.3) is 10.8 Å². The summed E-state index contributed by atoms with van der Waals surface area (Å²) in [5.74, 6) is 0.469. The zero-order valence-corrected chi connectivity index (χ0v) is 21.0. The van der Waals surface area contributed by atoms with Crippen LogP contribution in [0, 0.1) is 0 Å². The number of halogens is 3. The number of carbonyl (C=O) groups is 1. The van der Waals surface area contributed by atoms with Gasteiger partial charge in [0, 0.05) is 12.8 Å². The molecule has 6 rings (SSSR count). The molecule has 2 aliphatic rings. The van der Waals surface area contributed by atoms with E-state index in [1.165, 1.54) is 43.9 Å². The molecule has 1 aliphatic carbocycles. The van der Waals surface area contributed by atoms with Crippen LogP contribution >= 0.6 is 0 Å². The van der Waals surface area contributed by atoms with Crippen LogP contribution in [0.3, 0.4) is 0 Å². The van der Waals surface area contributed by atoms with Gasteiger partial charge in [-0.1, -0.05) is 79.9 Å². The molecule has 0 spiro atoms. The minimum absolute atomic E-state index is 0.114. The van der Waals surface area contributed by atoms with E-state index >= 15 is 0 Å². The first-order valence-electron chi connectivity index (χ1n) is 13.4. The Morgan fingerprint density at radius 2 is 1.63 bits per heavy atom. The van der Waals surface area contributed by atoms with Crippen molar-refractivity contribution in [3.8, 4) is 0 Å². The largest absolute Gasteiger partial charge is 0.410 e. The van der Waals surface area contributed by atoms with Crippen molar-refractivity contribution in [2.45, 2.75) is 69.1 Å². The Hall–Kier alpha value is -3.61. The van der Waals surface area contributed by atoms with E-state index in [0.717, 1.165) is 26.6 Å². The molecule has 0 saturated heterocycles. The first-order valence-corrected chi connectivity index (χ1v) is 13.4. The number of aromatic nitrogens is 2. The third-order valence-corrected chi connectivity index (χ3v) is 8.14. The van der Waals surface area contributed by atoms with Crippen molar-refractivity contribution < 1.29 is 18.0 Å². The number of alkyl halides is 3. The monoisotopic (exact) mass is 517 g/mol. The smallest absolute Gasteiger partial charge is 0.363 e. The van der Waals surface area contributed by atoms with E-state index in [1.54, 1.807) is 0 Å². The minimum atomic E-state index is -4.49.